The normalized spacial score (nSPS) is 11.0. The van der Waals surface area contributed by atoms with E-state index in [1.54, 1.807) is 16.8 Å². The lowest BCUT2D eigenvalue weighted by molar-refractivity contribution is 0.0497. The number of hydrogen-bond acceptors (Lipinski definition) is 4. The summed E-state index contributed by atoms with van der Waals surface area (Å²) in [6.07, 6.45) is 18.9. The van der Waals surface area contributed by atoms with Gasteiger partial charge in [-0.3, -0.25) is 4.68 Å². The van der Waals surface area contributed by atoms with E-state index in [1.807, 2.05) is 25.4 Å². The van der Waals surface area contributed by atoms with Crippen molar-refractivity contribution in [3.8, 4) is 11.3 Å². The Labute approximate surface area is 182 Å². The van der Waals surface area contributed by atoms with Crippen LogP contribution in [0.4, 0.5) is 0 Å². The molecule has 0 saturated heterocycles. The van der Waals surface area contributed by atoms with Crippen LogP contribution in [0.25, 0.3) is 11.3 Å². The zero-order chi connectivity index (χ0) is 21.4. The topological polar surface area (TPSA) is 57.0 Å². The van der Waals surface area contributed by atoms with Crippen LogP contribution in [0.2, 0.25) is 0 Å². The fraction of sp³-hybridized carbons (Fsp3) is 0.640. The first-order valence-electron chi connectivity index (χ1n) is 11.8. The minimum Gasteiger partial charge on any atom is -0.462 e. The molecule has 2 rings (SSSR count). The largest absolute Gasteiger partial charge is 0.462 e. The highest BCUT2D eigenvalue weighted by Crippen LogP contribution is 2.17. The van der Waals surface area contributed by atoms with E-state index in [-0.39, 0.29) is 5.97 Å². The Kier molecular flexibility index (Phi) is 11.9. The lowest BCUT2D eigenvalue weighted by Gasteiger charge is -2.06. The Morgan fingerprint density at radius 1 is 0.833 bits per heavy atom. The Morgan fingerprint density at radius 2 is 1.37 bits per heavy atom. The average molecular weight is 414 g/mol. The maximum Gasteiger partial charge on any atom is 0.338 e. The van der Waals surface area contributed by atoms with E-state index in [1.165, 1.54) is 70.6 Å². The molecule has 0 unspecified atom stereocenters. The molecule has 0 spiro atoms. The summed E-state index contributed by atoms with van der Waals surface area (Å²) in [6.45, 7) is 2.77. The van der Waals surface area contributed by atoms with E-state index in [0.717, 1.165) is 24.1 Å². The second-order valence-corrected chi connectivity index (χ2v) is 8.23. The summed E-state index contributed by atoms with van der Waals surface area (Å²) in [5.74, 6) is -0.250. The van der Waals surface area contributed by atoms with Gasteiger partial charge in [-0.05, 0) is 18.6 Å². The predicted octanol–water partition coefficient (Wildman–Crippen LogP) is 6.73. The van der Waals surface area contributed by atoms with Gasteiger partial charge < -0.3 is 4.74 Å². The molecule has 166 valence electrons. The SMILES string of the molecule is CCCCCCCCCCCCCCCOC(=O)c1ccc(-c2cn(C)nn2)cc1. The van der Waals surface area contributed by atoms with Crippen molar-refractivity contribution in [3.63, 3.8) is 0 Å². The number of aromatic nitrogens is 3. The Morgan fingerprint density at radius 3 is 1.87 bits per heavy atom. The van der Waals surface area contributed by atoms with Crippen molar-refractivity contribution in [2.75, 3.05) is 6.61 Å². The molecule has 0 aliphatic carbocycles. The molecule has 0 amide bonds. The van der Waals surface area contributed by atoms with Gasteiger partial charge in [-0.25, -0.2) is 4.79 Å². The minimum atomic E-state index is -0.250. The van der Waals surface area contributed by atoms with Gasteiger partial charge in [0.15, 0.2) is 0 Å². The summed E-state index contributed by atoms with van der Waals surface area (Å²) in [6, 6.07) is 7.34. The minimum absolute atomic E-state index is 0.250. The van der Waals surface area contributed by atoms with Gasteiger partial charge in [-0.1, -0.05) is 101 Å². The third kappa shape index (κ3) is 9.55. The van der Waals surface area contributed by atoms with Gasteiger partial charge in [0.25, 0.3) is 0 Å². The number of nitrogens with zero attached hydrogens (tertiary/aromatic N) is 3. The summed E-state index contributed by atoms with van der Waals surface area (Å²) in [7, 11) is 1.83. The van der Waals surface area contributed by atoms with Crippen LogP contribution in [0.15, 0.2) is 30.5 Å². The highest BCUT2D eigenvalue weighted by molar-refractivity contribution is 5.89. The number of carbonyl (C=O) groups is 1. The molecule has 0 fully saturated rings. The zero-order valence-electron chi connectivity index (χ0n) is 18.9. The molecule has 1 aromatic carbocycles. The van der Waals surface area contributed by atoms with E-state index >= 15 is 0 Å². The van der Waals surface area contributed by atoms with Crippen LogP contribution in [-0.2, 0) is 11.8 Å². The summed E-state index contributed by atoms with van der Waals surface area (Å²) in [4.78, 5) is 12.2. The number of carbonyl (C=O) groups excluding carboxylic acids is 1. The molecule has 2 aromatic rings. The molecule has 30 heavy (non-hydrogen) atoms. The van der Waals surface area contributed by atoms with Crippen molar-refractivity contribution < 1.29 is 9.53 Å². The van der Waals surface area contributed by atoms with E-state index in [4.69, 9.17) is 4.74 Å². The van der Waals surface area contributed by atoms with Crippen LogP contribution >= 0.6 is 0 Å². The number of unbranched alkanes of at least 4 members (excludes halogenated alkanes) is 12. The van der Waals surface area contributed by atoms with Gasteiger partial charge >= 0.3 is 5.97 Å². The van der Waals surface area contributed by atoms with Crippen molar-refractivity contribution in [2.24, 2.45) is 7.05 Å². The Balaban J connectivity index is 1.46. The molecule has 5 nitrogen and oxygen atoms in total. The highest BCUT2D eigenvalue weighted by atomic mass is 16.5. The standard InChI is InChI=1S/C25H39N3O2/c1-3-4-5-6-7-8-9-10-11-12-13-14-15-20-30-25(29)23-18-16-22(17-19-23)24-21-28(2)27-26-24/h16-19,21H,3-15,20H2,1-2H3. The molecule has 0 aliphatic heterocycles. The fourth-order valence-electron chi connectivity index (χ4n) is 3.62. The smallest absolute Gasteiger partial charge is 0.338 e. The summed E-state index contributed by atoms with van der Waals surface area (Å²) >= 11 is 0. The molecule has 0 atom stereocenters. The molecule has 0 N–H and O–H groups in total. The van der Waals surface area contributed by atoms with Gasteiger partial charge in [0, 0.05) is 12.6 Å². The van der Waals surface area contributed by atoms with E-state index in [9.17, 15) is 4.79 Å². The van der Waals surface area contributed by atoms with Gasteiger partial charge in [-0.2, -0.15) is 0 Å². The van der Waals surface area contributed by atoms with Crippen molar-refractivity contribution in [1.82, 2.24) is 15.0 Å². The molecule has 1 heterocycles. The van der Waals surface area contributed by atoms with Crippen molar-refractivity contribution in [2.45, 2.75) is 90.4 Å². The zero-order valence-corrected chi connectivity index (χ0v) is 18.9. The predicted molar refractivity (Wildman–Crippen MR) is 122 cm³/mol. The van der Waals surface area contributed by atoms with Gasteiger partial charge in [-0.15, -0.1) is 5.10 Å². The van der Waals surface area contributed by atoms with Crippen LogP contribution in [0, 0.1) is 0 Å². The summed E-state index contributed by atoms with van der Waals surface area (Å²) < 4.78 is 7.07. The third-order valence-electron chi connectivity index (χ3n) is 5.50. The number of rotatable bonds is 16. The van der Waals surface area contributed by atoms with Gasteiger partial charge in [0.1, 0.15) is 5.69 Å². The van der Waals surface area contributed by atoms with Crippen LogP contribution in [0.1, 0.15) is 101 Å². The summed E-state index contributed by atoms with van der Waals surface area (Å²) in [5, 5.41) is 8.00. The van der Waals surface area contributed by atoms with Crippen LogP contribution in [0.3, 0.4) is 0 Å². The molecule has 0 bridgehead atoms. The van der Waals surface area contributed by atoms with E-state index in [0.29, 0.717) is 12.2 Å². The van der Waals surface area contributed by atoms with Crippen LogP contribution < -0.4 is 0 Å². The Hall–Kier alpha value is -2.17. The first-order chi connectivity index (χ1) is 14.7. The quantitative estimate of drug-likeness (QED) is 0.226. The molecule has 5 heteroatoms. The second kappa shape index (κ2) is 14.8. The van der Waals surface area contributed by atoms with Gasteiger partial charge in [0.05, 0.1) is 18.4 Å². The average Bonchev–Trinajstić information content (AvgIpc) is 3.20. The third-order valence-corrected chi connectivity index (χ3v) is 5.50. The number of hydrogen-bond donors (Lipinski definition) is 0. The van der Waals surface area contributed by atoms with Crippen molar-refractivity contribution in [3.05, 3.63) is 36.0 Å². The lowest BCUT2D eigenvalue weighted by atomic mass is 10.0. The molecular weight excluding hydrogens is 374 g/mol. The van der Waals surface area contributed by atoms with Crippen LogP contribution in [0.5, 0.6) is 0 Å². The molecular formula is C25H39N3O2. The number of aryl methyl sites for hydroxylation is 1. The Bertz CT molecular complexity index is 709. The fourth-order valence-corrected chi connectivity index (χ4v) is 3.62. The van der Waals surface area contributed by atoms with Gasteiger partial charge in [0.2, 0.25) is 0 Å². The monoisotopic (exact) mass is 413 g/mol. The second-order valence-electron chi connectivity index (χ2n) is 8.23. The number of ether oxygens (including phenoxy) is 1. The van der Waals surface area contributed by atoms with Crippen LogP contribution in [-0.4, -0.2) is 27.6 Å². The van der Waals surface area contributed by atoms with E-state index in [2.05, 4.69) is 17.2 Å². The lowest BCUT2D eigenvalue weighted by Crippen LogP contribution is -2.06. The maximum atomic E-state index is 12.2. The molecule has 0 aliphatic rings. The molecule has 0 saturated carbocycles. The number of esters is 1. The molecule has 0 radical (unpaired) electrons. The van der Waals surface area contributed by atoms with Crippen molar-refractivity contribution in [1.29, 1.82) is 0 Å². The van der Waals surface area contributed by atoms with E-state index < -0.39 is 0 Å². The summed E-state index contributed by atoms with van der Waals surface area (Å²) in [5.41, 5.74) is 2.32. The molecule has 1 aromatic heterocycles. The first kappa shape index (κ1) is 24.1. The highest BCUT2D eigenvalue weighted by Gasteiger charge is 2.08. The first-order valence-corrected chi connectivity index (χ1v) is 11.8. The number of benzene rings is 1. The van der Waals surface area contributed by atoms with Crippen molar-refractivity contribution >= 4 is 5.97 Å². The maximum absolute atomic E-state index is 12.2.